The molecule has 0 aliphatic rings. The summed E-state index contributed by atoms with van der Waals surface area (Å²) < 4.78 is 32.0. The van der Waals surface area contributed by atoms with Crippen molar-refractivity contribution in [1.29, 1.82) is 0 Å². The van der Waals surface area contributed by atoms with Crippen LogP contribution in [0.15, 0.2) is 71.6 Å². The smallest absolute Gasteiger partial charge is 0.264 e. The minimum Gasteiger partial charge on any atom is -0.495 e. The summed E-state index contributed by atoms with van der Waals surface area (Å²) in [5.74, 6) is 0.178. The third kappa shape index (κ3) is 4.42. The predicted molar refractivity (Wildman–Crippen MR) is 119 cm³/mol. The third-order valence-corrected chi connectivity index (χ3v) is 6.69. The first-order valence-corrected chi connectivity index (χ1v) is 10.9. The van der Waals surface area contributed by atoms with Gasteiger partial charge >= 0.3 is 0 Å². The van der Waals surface area contributed by atoms with Crippen molar-refractivity contribution in [2.75, 3.05) is 23.8 Å². The number of methoxy groups -OCH3 is 1. The number of hydrogen-bond acceptors (Lipinski definition) is 4. The first kappa shape index (κ1) is 21.7. The Hall–Kier alpha value is -3.03. The van der Waals surface area contributed by atoms with E-state index in [1.807, 2.05) is 0 Å². The molecule has 0 spiro atoms. The molecule has 0 heterocycles. The van der Waals surface area contributed by atoms with Gasteiger partial charge in [0, 0.05) is 18.3 Å². The van der Waals surface area contributed by atoms with Crippen molar-refractivity contribution >= 4 is 38.9 Å². The molecule has 0 aliphatic heterocycles. The van der Waals surface area contributed by atoms with Gasteiger partial charge in [-0.15, -0.1) is 0 Å². The van der Waals surface area contributed by atoms with Gasteiger partial charge in [0.15, 0.2) is 0 Å². The first-order chi connectivity index (χ1) is 14.2. The highest BCUT2D eigenvalue weighted by Gasteiger charge is 2.22. The molecule has 0 atom stereocenters. The Morgan fingerprint density at radius 2 is 1.73 bits per heavy atom. The Labute approximate surface area is 181 Å². The van der Waals surface area contributed by atoms with Crippen LogP contribution in [0.2, 0.25) is 5.02 Å². The molecule has 156 valence electrons. The maximum Gasteiger partial charge on any atom is 0.264 e. The number of anilines is 2. The summed E-state index contributed by atoms with van der Waals surface area (Å²) in [6.07, 6.45) is 0. The maximum atomic E-state index is 12.9. The molecule has 0 saturated carbocycles. The van der Waals surface area contributed by atoms with Crippen LogP contribution in [0.4, 0.5) is 11.4 Å². The van der Waals surface area contributed by atoms with Crippen molar-refractivity contribution in [1.82, 2.24) is 0 Å². The zero-order chi connectivity index (χ0) is 21.9. The number of nitrogens with zero attached hydrogens (tertiary/aromatic N) is 1. The lowest BCUT2D eigenvalue weighted by atomic mass is 10.1. The van der Waals surface area contributed by atoms with Crippen LogP contribution >= 0.6 is 11.6 Å². The van der Waals surface area contributed by atoms with E-state index in [9.17, 15) is 13.2 Å². The lowest BCUT2D eigenvalue weighted by Gasteiger charge is -2.22. The fourth-order valence-electron chi connectivity index (χ4n) is 2.98. The van der Waals surface area contributed by atoms with Crippen LogP contribution in [-0.2, 0) is 10.0 Å². The zero-order valence-electron chi connectivity index (χ0n) is 16.7. The van der Waals surface area contributed by atoms with E-state index < -0.39 is 10.0 Å². The first-order valence-electron chi connectivity index (χ1n) is 9.03. The van der Waals surface area contributed by atoms with E-state index in [-0.39, 0.29) is 10.8 Å². The normalized spacial score (nSPS) is 11.1. The summed E-state index contributed by atoms with van der Waals surface area (Å²) in [6.45, 7) is 1.76. The number of carbonyl (C=O) groups excluding carboxylic acids is 1. The quantitative estimate of drug-likeness (QED) is 0.596. The molecule has 8 heteroatoms. The minimum atomic E-state index is -3.70. The molecule has 6 nitrogen and oxygen atoms in total. The van der Waals surface area contributed by atoms with Crippen LogP contribution in [0, 0.1) is 6.92 Å². The summed E-state index contributed by atoms with van der Waals surface area (Å²) in [5.41, 5.74) is 2.06. The fraction of sp³-hybridized carbons (Fsp3) is 0.136. The van der Waals surface area contributed by atoms with E-state index in [4.69, 9.17) is 16.3 Å². The van der Waals surface area contributed by atoms with E-state index in [2.05, 4.69) is 5.32 Å². The summed E-state index contributed by atoms with van der Waals surface area (Å²) in [6, 6.07) is 18.0. The molecule has 0 saturated heterocycles. The van der Waals surface area contributed by atoms with Gasteiger partial charge in [-0.2, -0.15) is 0 Å². The van der Waals surface area contributed by atoms with E-state index in [0.29, 0.717) is 33.3 Å². The van der Waals surface area contributed by atoms with Gasteiger partial charge in [0.25, 0.3) is 15.9 Å². The molecular weight excluding hydrogens is 424 g/mol. The standard InChI is InChI=1S/C22H21ClN2O4S/c1-15-13-16(22(26)24-17-10-12-21(29-3)19(23)14-17)9-11-20(15)25(2)30(27,28)18-7-5-4-6-8-18/h4-14H,1-3H3,(H,24,26). The second-order valence-corrected chi connectivity index (χ2v) is 8.97. The Morgan fingerprint density at radius 1 is 1.03 bits per heavy atom. The molecule has 0 radical (unpaired) electrons. The number of nitrogens with one attached hydrogen (secondary N) is 1. The van der Waals surface area contributed by atoms with Crippen LogP contribution in [0.5, 0.6) is 5.75 Å². The number of rotatable bonds is 6. The Kier molecular flexibility index (Phi) is 6.34. The highest BCUT2D eigenvalue weighted by atomic mass is 35.5. The van der Waals surface area contributed by atoms with Crippen molar-refractivity contribution < 1.29 is 17.9 Å². The number of amides is 1. The number of aryl methyl sites for hydroxylation is 1. The average molecular weight is 445 g/mol. The second kappa shape index (κ2) is 8.77. The highest BCUT2D eigenvalue weighted by molar-refractivity contribution is 7.92. The molecule has 0 unspecified atom stereocenters. The van der Waals surface area contributed by atoms with Crippen LogP contribution in [-0.4, -0.2) is 28.5 Å². The summed E-state index contributed by atoms with van der Waals surface area (Å²) in [4.78, 5) is 12.8. The molecule has 3 aromatic rings. The van der Waals surface area contributed by atoms with Crippen LogP contribution < -0.4 is 14.4 Å². The number of hydrogen-bond donors (Lipinski definition) is 1. The largest absolute Gasteiger partial charge is 0.495 e. The number of halogens is 1. The summed E-state index contributed by atoms with van der Waals surface area (Å²) in [7, 11) is -0.699. The van der Waals surface area contributed by atoms with Crippen molar-refractivity contribution in [2.24, 2.45) is 0 Å². The van der Waals surface area contributed by atoms with Crippen molar-refractivity contribution in [2.45, 2.75) is 11.8 Å². The molecule has 1 amide bonds. The second-order valence-electron chi connectivity index (χ2n) is 6.59. The molecule has 0 aliphatic carbocycles. The van der Waals surface area contributed by atoms with Crippen molar-refractivity contribution in [3.8, 4) is 5.75 Å². The Morgan fingerprint density at radius 3 is 2.33 bits per heavy atom. The van der Waals surface area contributed by atoms with Gasteiger partial charge in [0.1, 0.15) is 5.75 Å². The summed E-state index contributed by atoms with van der Waals surface area (Å²) in [5, 5.41) is 3.16. The van der Waals surface area contributed by atoms with E-state index >= 15 is 0 Å². The monoisotopic (exact) mass is 444 g/mol. The highest BCUT2D eigenvalue weighted by Crippen LogP contribution is 2.29. The number of carbonyl (C=O) groups is 1. The van der Waals surface area contributed by atoms with Crippen LogP contribution in [0.25, 0.3) is 0 Å². The van der Waals surface area contributed by atoms with Gasteiger partial charge in [0.2, 0.25) is 0 Å². The average Bonchev–Trinajstić information content (AvgIpc) is 2.74. The molecular formula is C22H21ClN2O4S. The molecule has 30 heavy (non-hydrogen) atoms. The van der Waals surface area contributed by atoms with Gasteiger partial charge in [-0.1, -0.05) is 29.8 Å². The van der Waals surface area contributed by atoms with Gasteiger partial charge in [0.05, 0.1) is 22.7 Å². The fourth-order valence-corrected chi connectivity index (χ4v) is 4.52. The topological polar surface area (TPSA) is 75.7 Å². The van der Waals surface area contributed by atoms with E-state index in [1.165, 1.54) is 18.5 Å². The Balaban J connectivity index is 1.82. The molecule has 3 aromatic carbocycles. The zero-order valence-corrected chi connectivity index (χ0v) is 18.3. The summed E-state index contributed by atoms with van der Waals surface area (Å²) >= 11 is 6.09. The van der Waals surface area contributed by atoms with Crippen molar-refractivity contribution in [3.63, 3.8) is 0 Å². The van der Waals surface area contributed by atoms with Crippen molar-refractivity contribution in [3.05, 3.63) is 82.9 Å². The van der Waals surface area contributed by atoms with Crippen LogP contribution in [0.1, 0.15) is 15.9 Å². The molecule has 1 N–H and O–H groups in total. The lowest BCUT2D eigenvalue weighted by Crippen LogP contribution is -2.27. The van der Waals surface area contributed by atoms with E-state index in [0.717, 1.165) is 0 Å². The SMILES string of the molecule is COc1ccc(NC(=O)c2ccc(N(C)S(=O)(=O)c3ccccc3)c(C)c2)cc1Cl. The predicted octanol–water partition coefficient (Wildman–Crippen LogP) is 4.73. The number of benzene rings is 3. The number of ether oxygens (including phenoxy) is 1. The minimum absolute atomic E-state index is 0.199. The number of sulfonamides is 1. The lowest BCUT2D eigenvalue weighted by molar-refractivity contribution is 0.102. The Bertz CT molecular complexity index is 1180. The van der Waals surface area contributed by atoms with Crippen LogP contribution in [0.3, 0.4) is 0 Å². The molecule has 0 bridgehead atoms. The van der Waals surface area contributed by atoms with Gasteiger partial charge in [-0.3, -0.25) is 9.10 Å². The maximum absolute atomic E-state index is 12.9. The molecule has 3 rings (SSSR count). The van der Waals surface area contributed by atoms with Gasteiger partial charge in [-0.25, -0.2) is 8.42 Å². The van der Waals surface area contributed by atoms with Gasteiger partial charge < -0.3 is 10.1 Å². The third-order valence-electron chi connectivity index (χ3n) is 4.61. The van der Waals surface area contributed by atoms with Gasteiger partial charge in [-0.05, 0) is 61.0 Å². The van der Waals surface area contributed by atoms with E-state index in [1.54, 1.807) is 73.7 Å². The molecule has 0 fully saturated rings. The molecule has 0 aromatic heterocycles.